The minimum absolute atomic E-state index is 0.0178. The maximum atomic E-state index is 14.1. The molecule has 4 aliphatic rings. The van der Waals surface area contributed by atoms with Crippen LogP contribution in [-0.2, 0) is 24.0 Å². The van der Waals surface area contributed by atoms with E-state index in [4.69, 9.17) is 0 Å². The maximum absolute atomic E-state index is 14.1. The van der Waals surface area contributed by atoms with Crippen molar-refractivity contribution in [3.05, 3.63) is 0 Å². The Morgan fingerprint density at radius 1 is 0.973 bits per heavy atom. The Bertz CT molecular complexity index is 1040. The minimum atomic E-state index is -1.00. The van der Waals surface area contributed by atoms with Crippen molar-refractivity contribution < 1.29 is 34.2 Å². The molecule has 4 rings (SSSR count). The zero-order valence-corrected chi connectivity index (χ0v) is 23.4. The monoisotopic (exact) mass is 516 g/mol. The molecule has 0 saturated heterocycles. The number of aliphatic hydroxyl groups excluding tert-OH is 1. The number of carboxylic acids is 1. The molecule has 0 amide bonds. The molecule has 0 bridgehead atoms. The van der Waals surface area contributed by atoms with Crippen LogP contribution in [0.25, 0.3) is 0 Å². The van der Waals surface area contributed by atoms with Gasteiger partial charge in [-0.05, 0) is 41.4 Å². The van der Waals surface area contributed by atoms with Gasteiger partial charge in [-0.3, -0.25) is 24.0 Å². The molecule has 4 fully saturated rings. The molecule has 0 aromatic rings. The second-order valence-electron chi connectivity index (χ2n) is 14.2. The predicted molar refractivity (Wildman–Crippen MR) is 136 cm³/mol. The summed E-state index contributed by atoms with van der Waals surface area (Å²) in [7, 11) is 0. The van der Waals surface area contributed by atoms with Crippen molar-refractivity contribution >= 4 is 29.1 Å². The summed E-state index contributed by atoms with van der Waals surface area (Å²) in [5.74, 6) is -3.36. The lowest BCUT2D eigenvalue weighted by Crippen LogP contribution is -2.68. The third-order valence-corrected chi connectivity index (χ3v) is 12.0. The maximum Gasteiger partial charge on any atom is 0.306 e. The molecule has 0 aromatic heterocycles. The topological polar surface area (TPSA) is 126 Å². The van der Waals surface area contributed by atoms with Gasteiger partial charge in [-0.25, -0.2) is 0 Å². The van der Waals surface area contributed by atoms with Crippen LogP contribution in [0.2, 0.25) is 0 Å². The molecule has 0 aromatic carbocycles. The SMILES string of the molecule is CC(CC(=O)CC(C)C1CC(O)C2(C)C3C(=O)CC4C(C)(C)C(=O)CCC4(C)C3C(=O)CC12C)C(=O)O. The highest BCUT2D eigenvalue weighted by molar-refractivity contribution is 5.96. The van der Waals surface area contributed by atoms with Crippen LogP contribution >= 0.6 is 0 Å². The Morgan fingerprint density at radius 2 is 1.59 bits per heavy atom. The highest BCUT2D eigenvalue weighted by Gasteiger charge is 2.74. The summed E-state index contributed by atoms with van der Waals surface area (Å²) < 4.78 is 0. The summed E-state index contributed by atoms with van der Waals surface area (Å²) in [4.78, 5) is 64.8. The van der Waals surface area contributed by atoms with Gasteiger partial charge in [0.25, 0.3) is 0 Å². The molecule has 37 heavy (non-hydrogen) atoms. The van der Waals surface area contributed by atoms with Crippen LogP contribution in [0.3, 0.4) is 0 Å². The molecule has 7 heteroatoms. The van der Waals surface area contributed by atoms with E-state index in [0.717, 1.165) is 0 Å². The van der Waals surface area contributed by atoms with Gasteiger partial charge >= 0.3 is 5.97 Å². The van der Waals surface area contributed by atoms with Crippen LogP contribution in [-0.4, -0.2) is 45.4 Å². The van der Waals surface area contributed by atoms with Gasteiger partial charge in [0, 0.05) is 54.8 Å². The van der Waals surface area contributed by atoms with Crippen molar-refractivity contribution in [1.29, 1.82) is 0 Å². The number of carbonyl (C=O) groups excluding carboxylic acids is 4. The Hall–Kier alpha value is -1.89. The third kappa shape index (κ3) is 3.81. The first-order valence-electron chi connectivity index (χ1n) is 13.9. The van der Waals surface area contributed by atoms with Crippen molar-refractivity contribution in [3.63, 3.8) is 0 Å². The summed E-state index contributed by atoms with van der Waals surface area (Å²) in [6, 6.07) is 0. The first-order valence-corrected chi connectivity index (χ1v) is 13.9. The number of aliphatic hydroxyl groups is 1. The van der Waals surface area contributed by atoms with E-state index in [1.54, 1.807) is 0 Å². The lowest BCUT2D eigenvalue weighted by atomic mass is 9.37. The van der Waals surface area contributed by atoms with Gasteiger partial charge in [0.05, 0.1) is 12.0 Å². The van der Waals surface area contributed by atoms with Crippen LogP contribution in [0.4, 0.5) is 0 Å². The molecule has 10 atom stereocenters. The van der Waals surface area contributed by atoms with Crippen LogP contribution in [0.15, 0.2) is 0 Å². The van der Waals surface area contributed by atoms with Gasteiger partial charge in [-0.2, -0.15) is 0 Å². The molecule has 4 saturated carbocycles. The summed E-state index contributed by atoms with van der Waals surface area (Å²) in [6.07, 6.45) is 1.22. The number of fused-ring (bicyclic) bond motifs is 5. The molecule has 0 aliphatic heterocycles. The Morgan fingerprint density at radius 3 is 2.19 bits per heavy atom. The molecular weight excluding hydrogens is 472 g/mol. The fraction of sp³-hybridized carbons (Fsp3) is 0.833. The van der Waals surface area contributed by atoms with Crippen LogP contribution in [0.5, 0.6) is 0 Å². The molecule has 0 radical (unpaired) electrons. The Labute approximate surface area is 220 Å². The second-order valence-corrected chi connectivity index (χ2v) is 14.2. The van der Waals surface area contributed by atoms with Crippen LogP contribution in [0, 0.1) is 57.2 Å². The van der Waals surface area contributed by atoms with Crippen LogP contribution in [0.1, 0.15) is 93.4 Å². The highest BCUT2D eigenvalue weighted by atomic mass is 16.4. The number of ketones is 4. The first-order chi connectivity index (χ1) is 16.9. The lowest BCUT2D eigenvalue weighted by Gasteiger charge is -2.65. The number of carboxylic acid groups (broad SMARTS) is 1. The summed E-state index contributed by atoms with van der Waals surface area (Å²) in [6.45, 7) is 13.4. The van der Waals surface area contributed by atoms with Crippen molar-refractivity contribution in [2.24, 2.45) is 57.2 Å². The van der Waals surface area contributed by atoms with Gasteiger partial charge in [0.2, 0.25) is 0 Å². The number of hydrogen-bond donors (Lipinski definition) is 2. The average molecular weight is 517 g/mol. The van der Waals surface area contributed by atoms with Gasteiger partial charge in [0.1, 0.15) is 23.1 Å². The van der Waals surface area contributed by atoms with E-state index in [9.17, 15) is 34.2 Å². The normalized spacial score (nSPS) is 44.4. The molecule has 10 unspecified atom stereocenters. The fourth-order valence-electron chi connectivity index (χ4n) is 9.64. The van der Waals surface area contributed by atoms with E-state index in [-0.39, 0.29) is 66.6 Å². The largest absolute Gasteiger partial charge is 0.481 e. The summed E-state index contributed by atoms with van der Waals surface area (Å²) in [5.41, 5.74) is -2.64. The number of Topliss-reactive ketones (excluding diaryl/α,β-unsaturated/α-hetero) is 4. The Kier molecular flexibility index (Phi) is 6.71. The fourth-order valence-corrected chi connectivity index (χ4v) is 9.64. The first kappa shape index (κ1) is 28.1. The van der Waals surface area contributed by atoms with Gasteiger partial charge < -0.3 is 10.2 Å². The van der Waals surface area contributed by atoms with E-state index in [0.29, 0.717) is 19.3 Å². The van der Waals surface area contributed by atoms with Crippen molar-refractivity contribution in [2.45, 2.75) is 99.5 Å². The summed E-state index contributed by atoms with van der Waals surface area (Å²) in [5, 5.41) is 20.8. The quantitative estimate of drug-likeness (QED) is 0.540. The number of carbonyl (C=O) groups is 5. The molecule has 7 nitrogen and oxygen atoms in total. The van der Waals surface area contributed by atoms with E-state index < -0.39 is 51.5 Å². The smallest absolute Gasteiger partial charge is 0.306 e. The molecule has 0 spiro atoms. The Balaban J connectivity index is 1.68. The number of aliphatic carboxylic acids is 1. The molecule has 0 heterocycles. The van der Waals surface area contributed by atoms with Crippen molar-refractivity contribution in [2.75, 3.05) is 0 Å². The molecule has 2 N–H and O–H groups in total. The van der Waals surface area contributed by atoms with Crippen molar-refractivity contribution in [3.8, 4) is 0 Å². The van der Waals surface area contributed by atoms with Crippen molar-refractivity contribution in [1.82, 2.24) is 0 Å². The second kappa shape index (κ2) is 8.82. The van der Waals surface area contributed by atoms with Gasteiger partial charge in [0.15, 0.2) is 0 Å². The number of hydrogen-bond acceptors (Lipinski definition) is 6. The minimum Gasteiger partial charge on any atom is -0.481 e. The van der Waals surface area contributed by atoms with Crippen LogP contribution < -0.4 is 0 Å². The average Bonchev–Trinajstić information content (AvgIpc) is 2.99. The van der Waals surface area contributed by atoms with Gasteiger partial charge in [-0.1, -0.05) is 48.5 Å². The van der Waals surface area contributed by atoms with Gasteiger partial charge in [-0.15, -0.1) is 0 Å². The standard InChI is InChI=1S/C30H44O7/c1-15(10-17(31)11-16(2)26(36)37)18-12-23(35)30(7)25-19(32)13-21-27(3,4)22(34)8-9-28(21,5)24(25)20(33)14-29(18,30)6/h15-16,18,21,23-25,35H,8-14H2,1-7H3,(H,36,37). The van der Waals surface area contributed by atoms with E-state index in [1.165, 1.54) is 6.92 Å². The molecule has 4 aliphatic carbocycles. The van der Waals surface area contributed by atoms with E-state index in [2.05, 4.69) is 6.92 Å². The number of rotatable bonds is 6. The zero-order valence-electron chi connectivity index (χ0n) is 23.4. The highest BCUT2D eigenvalue weighted by Crippen LogP contribution is 2.73. The zero-order chi connectivity index (χ0) is 27.9. The lowest BCUT2D eigenvalue weighted by molar-refractivity contribution is -0.199. The molecule has 206 valence electrons. The molecular formula is C30H44O7. The summed E-state index contributed by atoms with van der Waals surface area (Å²) >= 11 is 0. The van der Waals surface area contributed by atoms with E-state index in [1.807, 2.05) is 34.6 Å². The predicted octanol–water partition coefficient (Wildman–Crippen LogP) is 4.28. The van der Waals surface area contributed by atoms with E-state index >= 15 is 0 Å². The third-order valence-electron chi connectivity index (χ3n) is 12.0.